The highest BCUT2D eigenvalue weighted by atomic mass is 35.5. The monoisotopic (exact) mass is 283 g/mol. The topological polar surface area (TPSA) is 37.8 Å². The Labute approximate surface area is 117 Å². The van der Waals surface area contributed by atoms with Gasteiger partial charge in [0.25, 0.3) is 0 Å². The summed E-state index contributed by atoms with van der Waals surface area (Å²) in [5.41, 5.74) is 0. The molecule has 0 aliphatic carbocycles. The molecule has 0 aliphatic rings. The van der Waals surface area contributed by atoms with E-state index in [2.05, 4.69) is 35.2 Å². The van der Waals surface area contributed by atoms with Crippen LogP contribution in [0.1, 0.15) is 31.6 Å². The van der Waals surface area contributed by atoms with Crippen molar-refractivity contribution in [2.45, 2.75) is 39.2 Å². The molecule has 3 nitrogen and oxygen atoms in total. The SMILES string of the molecule is CCc1cc2c(NC(CC)CCCl)ncnc2s1. The normalized spacial score (nSPS) is 12.8. The van der Waals surface area contributed by atoms with Crippen molar-refractivity contribution in [1.82, 2.24) is 9.97 Å². The van der Waals surface area contributed by atoms with E-state index in [4.69, 9.17) is 11.6 Å². The lowest BCUT2D eigenvalue weighted by atomic mass is 10.1. The predicted octanol–water partition coefficient (Wildman–Crippen LogP) is 4.07. The van der Waals surface area contributed by atoms with Gasteiger partial charge >= 0.3 is 0 Å². The van der Waals surface area contributed by atoms with E-state index in [1.54, 1.807) is 17.7 Å². The summed E-state index contributed by atoms with van der Waals surface area (Å²) in [5.74, 6) is 1.61. The lowest BCUT2D eigenvalue weighted by Gasteiger charge is -2.16. The van der Waals surface area contributed by atoms with Gasteiger partial charge in [0.05, 0.1) is 5.39 Å². The van der Waals surface area contributed by atoms with Crippen LogP contribution in [0, 0.1) is 0 Å². The van der Waals surface area contributed by atoms with Gasteiger partial charge in [0.2, 0.25) is 0 Å². The van der Waals surface area contributed by atoms with Crippen molar-refractivity contribution in [1.29, 1.82) is 0 Å². The molecule has 18 heavy (non-hydrogen) atoms. The second-order valence-corrected chi connectivity index (χ2v) is 5.73. The Hall–Kier alpha value is -0.870. The van der Waals surface area contributed by atoms with E-state index in [1.165, 1.54) is 4.88 Å². The highest BCUT2D eigenvalue weighted by molar-refractivity contribution is 7.18. The van der Waals surface area contributed by atoms with Gasteiger partial charge in [0.15, 0.2) is 0 Å². The number of halogens is 1. The molecule has 0 aliphatic heterocycles. The van der Waals surface area contributed by atoms with Crippen LogP contribution in [0.2, 0.25) is 0 Å². The number of aryl methyl sites for hydroxylation is 1. The number of hydrogen-bond donors (Lipinski definition) is 1. The summed E-state index contributed by atoms with van der Waals surface area (Å²) in [6, 6.07) is 2.57. The van der Waals surface area contributed by atoms with Gasteiger partial charge in [0.1, 0.15) is 17.0 Å². The number of aromatic nitrogens is 2. The molecular weight excluding hydrogens is 266 g/mol. The van der Waals surface area contributed by atoms with E-state index < -0.39 is 0 Å². The van der Waals surface area contributed by atoms with Crippen molar-refractivity contribution >= 4 is 39.0 Å². The van der Waals surface area contributed by atoms with Crippen LogP contribution in [0.25, 0.3) is 10.2 Å². The number of nitrogens with zero attached hydrogens (tertiary/aromatic N) is 2. The number of hydrogen-bond acceptors (Lipinski definition) is 4. The van der Waals surface area contributed by atoms with Gasteiger partial charge in [-0.3, -0.25) is 0 Å². The predicted molar refractivity (Wildman–Crippen MR) is 79.8 cm³/mol. The Morgan fingerprint density at radius 3 is 2.89 bits per heavy atom. The fourth-order valence-electron chi connectivity index (χ4n) is 1.90. The van der Waals surface area contributed by atoms with Gasteiger partial charge in [-0.1, -0.05) is 13.8 Å². The van der Waals surface area contributed by atoms with Crippen LogP contribution < -0.4 is 5.32 Å². The minimum atomic E-state index is 0.380. The molecule has 0 fully saturated rings. The number of thiophene rings is 1. The second kappa shape index (κ2) is 6.34. The molecule has 2 aromatic heterocycles. The molecule has 1 N–H and O–H groups in total. The Bertz CT molecular complexity index is 512. The molecule has 2 aromatic rings. The molecule has 2 rings (SSSR count). The third-order valence-electron chi connectivity index (χ3n) is 3.02. The summed E-state index contributed by atoms with van der Waals surface area (Å²) >= 11 is 7.56. The summed E-state index contributed by atoms with van der Waals surface area (Å²) in [7, 11) is 0. The van der Waals surface area contributed by atoms with E-state index in [9.17, 15) is 0 Å². The Morgan fingerprint density at radius 1 is 1.39 bits per heavy atom. The molecule has 0 amide bonds. The summed E-state index contributed by atoms with van der Waals surface area (Å²) in [5, 5.41) is 4.61. The maximum Gasteiger partial charge on any atom is 0.138 e. The van der Waals surface area contributed by atoms with E-state index in [-0.39, 0.29) is 0 Å². The number of alkyl halides is 1. The van der Waals surface area contributed by atoms with Crippen LogP contribution in [0.5, 0.6) is 0 Å². The van der Waals surface area contributed by atoms with Crippen molar-refractivity contribution in [3.05, 3.63) is 17.3 Å². The molecule has 1 unspecified atom stereocenters. The van der Waals surface area contributed by atoms with Crippen LogP contribution in [-0.4, -0.2) is 21.9 Å². The molecule has 0 radical (unpaired) electrons. The largest absolute Gasteiger partial charge is 0.367 e. The number of anilines is 1. The third kappa shape index (κ3) is 2.93. The molecule has 5 heteroatoms. The van der Waals surface area contributed by atoms with Gasteiger partial charge in [-0.2, -0.15) is 0 Å². The summed E-state index contributed by atoms with van der Waals surface area (Å²) < 4.78 is 0. The van der Waals surface area contributed by atoms with Crippen molar-refractivity contribution in [3.63, 3.8) is 0 Å². The van der Waals surface area contributed by atoms with Gasteiger partial charge in [-0.05, 0) is 25.3 Å². The zero-order chi connectivity index (χ0) is 13.0. The smallest absolute Gasteiger partial charge is 0.138 e. The first kappa shape index (κ1) is 13.6. The van der Waals surface area contributed by atoms with Crippen LogP contribution in [0.3, 0.4) is 0 Å². The minimum absolute atomic E-state index is 0.380. The Kier molecular flexibility index (Phi) is 4.78. The first-order valence-corrected chi connectivity index (χ1v) is 7.69. The fourth-order valence-corrected chi connectivity index (χ4v) is 3.10. The molecule has 1 atom stereocenters. The standard InChI is InChI=1S/C13H18ClN3S/c1-3-9(5-6-14)17-12-11-7-10(4-2)18-13(11)16-8-15-12/h7-9H,3-6H2,1-2H3,(H,15,16,17). The molecule has 0 spiro atoms. The van der Waals surface area contributed by atoms with Crippen molar-refractivity contribution < 1.29 is 0 Å². The van der Waals surface area contributed by atoms with E-state index in [1.807, 2.05) is 0 Å². The third-order valence-corrected chi connectivity index (χ3v) is 4.43. The van der Waals surface area contributed by atoms with Crippen LogP contribution >= 0.6 is 22.9 Å². The van der Waals surface area contributed by atoms with Crippen LogP contribution in [-0.2, 0) is 6.42 Å². The molecule has 0 saturated heterocycles. The van der Waals surface area contributed by atoms with E-state index in [0.717, 1.165) is 35.3 Å². The molecule has 0 saturated carbocycles. The molecule has 0 bridgehead atoms. The summed E-state index contributed by atoms with van der Waals surface area (Å²) in [6.45, 7) is 4.32. The van der Waals surface area contributed by atoms with Gasteiger partial charge < -0.3 is 5.32 Å². The zero-order valence-corrected chi connectivity index (χ0v) is 12.3. The second-order valence-electron chi connectivity index (χ2n) is 4.23. The Balaban J connectivity index is 2.29. The van der Waals surface area contributed by atoms with Crippen LogP contribution in [0.4, 0.5) is 5.82 Å². The average Bonchev–Trinajstić information content (AvgIpc) is 2.82. The fraction of sp³-hybridized carbons (Fsp3) is 0.538. The van der Waals surface area contributed by atoms with E-state index in [0.29, 0.717) is 11.9 Å². The molecular formula is C13H18ClN3S. The van der Waals surface area contributed by atoms with Crippen molar-refractivity contribution in [3.8, 4) is 0 Å². The first-order valence-electron chi connectivity index (χ1n) is 6.34. The highest BCUT2D eigenvalue weighted by Gasteiger charge is 2.11. The summed E-state index contributed by atoms with van der Waals surface area (Å²) in [4.78, 5) is 11.1. The minimum Gasteiger partial charge on any atom is -0.367 e. The summed E-state index contributed by atoms with van der Waals surface area (Å²) in [6.07, 6.45) is 4.67. The number of fused-ring (bicyclic) bond motifs is 1. The highest BCUT2D eigenvalue weighted by Crippen LogP contribution is 2.29. The van der Waals surface area contributed by atoms with Gasteiger partial charge in [-0.25, -0.2) is 9.97 Å². The lowest BCUT2D eigenvalue weighted by Crippen LogP contribution is -2.19. The molecule has 0 aromatic carbocycles. The molecule has 98 valence electrons. The maximum absolute atomic E-state index is 5.82. The molecule has 2 heterocycles. The Morgan fingerprint density at radius 2 is 2.22 bits per heavy atom. The number of nitrogens with one attached hydrogen (secondary N) is 1. The van der Waals surface area contributed by atoms with E-state index >= 15 is 0 Å². The van der Waals surface area contributed by atoms with Crippen molar-refractivity contribution in [2.75, 3.05) is 11.2 Å². The average molecular weight is 284 g/mol. The van der Waals surface area contributed by atoms with Gasteiger partial charge in [0, 0.05) is 16.8 Å². The number of rotatable bonds is 6. The first-order chi connectivity index (χ1) is 8.78. The maximum atomic E-state index is 5.82. The zero-order valence-electron chi connectivity index (χ0n) is 10.7. The van der Waals surface area contributed by atoms with Crippen molar-refractivity contribution in [2.24, 2.45) is 0 Å². The van der Waals surface area contributed by atoms with Gasteiger partial charge in [-0.15, -0.1) is 22.9 Å². The quantitative estimate of drug-likeness (QED) is 0.812. The van der Waals surface area contributed by atoms with Crippen LogP contribution in [0.15, 0.2) is 12.4 Å². The lowest BCUT2D eigenvalue weighted by molar-refractivity contribution is 0.673.